The number of primary amides is 1. The number of ether oxygens (including phenoxy) is 5. The van der Waals surface area contributed by atoms with E-state index in [1.54, 1.807) is 59.0 Å². The Morgan fingerprint density at radius 3 is 2.36 bits per heavy atom. The number of allylic oxidation sites excluding steroid dienone is 3. The second-order valence-corrected chi connectivity index (χ2v) is 25.7. The van der Waals surface area contributed by atoms with Gasteiger partial charge in [-0.2, -0.15) is 0 Å². The summed E-state index contributed by atoms with van der Waals surface area (Å²) in [5.74, 6) is -5.53. The summed E-state index contributed by atoms with van der Waals surface area (Å²) in [5.41, 5.74) is 5.53. The number of esters is 3. The number of likely N-dealkylation sites (N-methyl/N-ethyl adjacent to an activating group) is 1. The number of epoxide rings is 1. The zero-order valence-electron chi connectivity index (χ0n) is 52.4. The lowest BCUT2D eigenvalue weighted by molar-refractivity contribution is -0.187. The molecule has 20 nitrogen and oxygen atoms in total. The number of fused-ring (bicyclic) bond motifs is 5. The van der Waals surface area contributed by atoms with Crippen molar-refractivity contribution in [2.24, 2.45) is 23.5 Å². The Bertz CT molecular complexity index is 2950. The number of unbranched alkanes of at least 4 members (excludes halogenated alkanes) is 1. The van der Waals surface area contributed by atoms with Crippen molar-refractivity contribution in [2.45, 2.75) is 193 Å². The Kier molecular flexibility index (Phi) is 25.7. The zero-order chi connectivity index (χ0) is 64.9. The lowest BCUT2D eigenvalue weighted by Gasteiger charge is -2.41. The van der Waals surface area contributed by atoms with Gasteiger partial charge in [-0.1, -0.05) is 96.9 Å². The number of methoxy groups -OCH3 is 1. The Balaban J connectivity index is 1.29. The number of alkyl halides is 1. The van der Waals surface area contributed by atoms with E-state index in [1.165, 1.54) is 43.0 Å². The van der Waals surface area contributed by atoms with Crippen LogP contribution in [0.3, 0.4) is 0 Å². The molecule has 0 spiro atoms. The maximum Gasteiger partial charge on any atom is 0.334 e. The minimum Gasteiger partial charge on any atom is -0.462 e. The number of carbonyl (C=O) groups excluding carboxylic acids is 9. The summed E-state index contributed by atoms with van der Waals surface area (Å²) in [6, 6.07) is 7.00. The van der Waals surface area contributed by atoms with Crippen molar-refractivity contribution >= 4 is 86.4 Å². The number of rotatable bonds is 25. The van der Waals surface area contributed by atoms with Crippen molar-refractivity contribution in [3.8, 4) is 0 Å². The molecule has 2 aromatic carbocycles. The van der Waals surface area contributed by atoms with Crippen LogP contribution in [0.15, 0.2) is 72.4 Å². The molecule has 22 heteroatoms. The average Bonchev–Trinajstić information content (AvgIpc) is 1.63. The maximum absolute atomic E-state index is 14.5. The topological polar surface area (TPSA) is 280 Å². The quantitative estimate of drug-likeness (QED) is 0.0181. The molecule has 478 valence electrons. The van der Waals surface area contributed by atoms with Gasteiger partial charge in [-0.05, 0) is 121 Å². The van der Waals surface area contributed by atoms with Crippen LogP contribution in [0.25, 0.3) is 0 Å². The van der Waals surface area contributed by atoms with Crippen molar-refractivity contribution < 1.29 is 71.9 Å². The summed E-state index contributed by atoms with van der Waals surface area (Å²) in [6.07, 6.45) is 3.52. The average molecular weight is 1300 g/mol. The third-order valence-corrected chi connectivity index (χ3v) is 18.0. The zero-order valence-corrected chi connectivity index (χ0v) is 54.7. The van der Waals surface area contributed by atoms with E-state index in [0.29, 0.717) is 59.3 Å². The van der Waals surface area contributed by atoms with Gasteiger partial charge in [0.2, 0.25) is 11.8 Å². The fourth-order valence-electron chi connectivity index (χ4n) is 11.2. The SMILES string of the molecule is C=C(CBr)C(=O)OC(C)(C)CCCCC(=O)C[C@H](C(=O)N[C@@H](CCCNC(N)=O)C(=O)Cc1ccc(C(=O)N(C)[C@@H](C)C(=O)O[C@H]2CC(=O)N(C)c3cc(cc(C)c3Cl)C/C(C)=C/C=C/[C@@H](OC)[C@]3(O)CC(=O)O[C@@H](C3)[C@@H](C)[C@@H]3O[C@@]23C)cc1)C(C)C. The van der Waals surface area contributed by atoms with Crippen molar-refractivity contribution in [3.05, 3.63) is 99.6 Å². The molecule has 2 fully saturated rings. The first kappa shape index (κ1) is 71.5. The molecular formula is C65H89BrClN5O15. The molecule has 2 aromatic rings. The molecule has 3 heterocycles. The Morgan fingerprint density at radius 1 is 1.05 bits per heavy atom. The largest absolute Gasteiger partial charge is 0.462 e. The first-order valence-electron chi connectivity index (χ1n) is 29.7. The number of aliphatic hydroxyl groups is 1. The standard InChI is InChI=1S/C65H89BrClN5O15/c1-37(2)47(32-46(73)19-14-15-26-63(8,9)87-60(79)40(5)36-66)58(77)70-48(20-17-27-69-62(68)81)50(74)31-43-22-24-45(25-23-43)59(78)71(11)42(7)61(80)85-53-33-54(75)72(12)49-30-44(29-39(4)56(49)67)28-38(3)18-16-21-52(83-13)65(82)34-51(84-55(76)35-65)41(6)57-64(53,10)86-57/h16,18,21-25,29-30,37,41-42,47-48,51-53,57,82H,5,14-15,17,19-20,26-28,31-36H2,1-4,6-13H3,(H,70,77)(H3,68,69,81)/b21-16+,38-18+/t41-,42+,47+,48+,51+,52-,53+,57+,64+,65-/m1/s1. The van der Waals surface area contributed by atoms with Gasteiger partial charge < -0.3 is 55.0 Å². The predicted octanol–water partition coefficient (Wildman–Crippen LogP) is 8.49. The predicted molar refractivity (Wildman–Crippen MR) is 333 cm³/mol. The summed E-state index contributed by atoms with van der Waals surface area (Å²) < 4.78 is 29.8. The molecule has 0 saturated carbocycles. The van der Waals surface area contributed by atoms with Gasteiger partial charge in [0.25, 0.3) is 5.91 Å². The minimum absolute atomic E-state index is 0.000469. The molecule has 5 rings (SSSR count). The molecule has 0 aliphatic carbocycles. The molecule has 0 aromatic heterocycles. The number of carbonyl (C=O) groups is 9. The van der Waals surface area contributed by atoms with Crippen LogP contribution in [0.1, 0.15) is 147 Å². The number of nitrogens with zero attached hydrogens (tertiary/aromatic N) is 2. The van der Waals surface area contributed by atoms with E-state index in [9.17, 15) is 48.3 Å². The second kappa shape index (κ2) is 31.3. The van der Waals surface area contributed by atoms with Crippen molar-refractivity contribution in [1.29, 1.82) is 0 Å². The van der Waals surface area contributed by atoms with E-state index in [0.717, 1.165) is 16.7 Å². The van der Waals surface area contributed by atoms with E-state index >= 15 is 0 Å². The van der Waals surface area contributed by atoms with Crippen LogP contribution in [-0.4, -0.2) is 150 Å². The summed E-state index contributed by atoms with van der Waals surface area (Å²) in [5, 5.41) is 18.0. The Labute approximate surface area is 525 Å². The first-order valence-corrected chi connectivity index (χ1v) is 31.2. The van der Waals surface area contributed by atoms with Crippen LogP contribution in [-0.2, 0) is 70.1 Å². The normalized spacial score (nSPS) is 24.4. The number of nitrogens with two attached hydrogens (primary N) is 1. The van der Waals surface area contributed by atoms with Gasteiger partial charge in [-0.25, -0.2) is 14.4 Å². The highest BCUT2D eigenvalue weighted by Crippen LogP contribution is 2.50. The molecule has 2 saturated heterocycles. The molecule has 5 amide bonds. The monoisotopic (exact) mass is 1290 g/mol. The van der Waals surface area contributed by atoms with Crippen molar-refractivity contribution in [3.63, 3.8) is 0 Å². The molecule has 87 heavy (non-hydrogen) atoms. The van der Waals surface area contributed by atoms with Gasteiger partial charge in [-0.3, -0.25) is 28.8 Å². The number of benzene rings is 2. The summed E-state index contributed by atoms with van der Waals surface area (Å²) in [4.78, 5) is 124. The van der Waals surface area contributed by atoms with E-state index in [2.05, 4.69) is 33.1 Å². The van der Waals surface area contributed by atoms with Gasteiger partial charge in [0, 0.05) is 81.7 Å². The highest BCUT2D eigenvalue weighted by molar-refractivity contribution is 9.09. The van der Waals surface area contributed by atoms with Gasteiger partial charge >= 0.3 is 23.9 Å². The fraction of sp³-hybridized carbons (Fsp3) is 0.585. The maximum atomic E-state index is 14.5. The van der Waals surface area contributed by atoms with E-state index in [1.807, 2.05) is 45.9 Å². The number of hydrogen-bond donors (Lipinski definition) is 4. The molecule has 3 aliphatic heterocycles. The molecule has 3 aliphatic rings. The molecule has 4 bridgehead atoms. The number of ketones is 2. The number of amides is 5. The fourth-order valence-corrected chi connectivity index (χ4v) is 11.6. The van der Waals surface area contributed by atoms with Crippen LogP contribution in [0, 0.1) is 24.7 Å². The lowest BCUT2D eigenvalue weighted by Crippen LogP contribution is -2.53. The molecule has 10 atom stereocenters. The van der Waals surface area contributed by atoms with Crippen molar-refractivity contribution in [1.82, 2.24) is 15.5 Å². The van der Waals surface area contributed by atoms with E-state index < -0.39 is 107 Å². The van der Waals surface area contributed by atoms with Crippen LogP contribution in [0.2, 0.25) is 5.02 Å². The highest BCUT2D eigenvalue weighted by Gasteiger charge is 2.64. The third-order valence-electron chi connectivity index (χ3n) is 16.9. The number of halogens is 2. The van der Waals surface area contributed by atoms with Crippen molar-refractivity contribution in [2.75, 3.05) is 38.0 Å². The summed E-state index contributed by atoms with van der Waals surface area (Å²) in [7, 11) is 4.47. The summed E-state index contributed by atoms with van der Waals surface area (Å²) >= 11 is 10.1. The highest BCUT2D eigenvalue weighted by atomic mass is 79.9. The van der Waals surface area contributed by atoms with Gasteiger partial charge in [-0.15, -0.1) is 0 Å². The molecular weight excluding hydrogens is 1210 g/mol. The number of nitrogens with one attached hydrogen (secondary N) is 2. The van der Waals surface area contributed by atoms with Gasteiger partial charge in [0.1, 0.15) is 46.9 Å². The number of anilines is 1. The van der Waals surface area contributed by atoms with Gasteiger partial charge in [0.05, 0.1) is 35.7 Å². The Morgan fingerprint density at radius 2 is 1.72 bits per heavy atom. The Hall–Kier alpha value is -6.26. The van der Waals surface area contributed by atoms with E-state index in [4.69, 9.17) is 41.0 Å². The molecule has 5 N–H and O–H groups in total. The van der Waals surface area contributed by atoms with Gasteiger partial charge in [0.15, 0.2) is 5.78 Å². The summed E-state index contributed by atoms with van der Waals surface area (Å²) in [6.45, 7) is 19.8. The van der Waals surface area contributed by atoms with Crippen LogP contribution >= 0.6 is 27.5 Å². The number of urea groups is 1. The number of Topliss-reactive ketones (excluding diaryl/α,β-unsaturated/α-hetero) is 2. The van der Waals surface area contributed by atoms with Crippen LogP contribution in [0.4, 0.5) is 10.5 Å². The van der Waals surface area contributed by atoms with Crippen LogP contribution < -0.4 is 21.3 Å². The van der Waals surface area contributed by atoms with Crippen LogP contribution in [0.5, 0.6) is 0 Å². The number of aryl methyl sites for hydroxylation is 1. The van der Waals surface area contributed by atoms with E-state index in [-0.39, 0.29) is 74.5 Å². The second-order valence-electron chi connectivity index (χ2n) is 24.8. The number of hydrogen-bond acceptors (Lipinski definition) is 15. The molecule has 0 radical (unpaired) electrons. The lowest BCUT2D eigenvalue weighted by atomic mass is 9.78. The third kappa shape index (κ3) is 19.6. The smallest absolute Gasteiger partial charge is 0.334 e. The first-order chi connectivity index (χ1) is 40.7. The molecule has 0 unspecified atom stereocenters. The minimum atomic E-state index is -1.64.